The normalized spacial score (nSPS) is 13.8. The van der Waals surface area contributed by atoms with Crippen LogP contribution in [0.25, 0.3) is 0 Å². The van der Waals surface area contributed by atoms with Crippen molar-refractivity contribution in [2.45, 2.75) is 45.6 Å². The van der Waals surface area contributed by atoms with E-state index in [1.807, 2.05) is 12.3 Å². The van der Waals surface area contributed by atoms with Crippen molar-refractivity contribution >= 4 is 22.7 Å². The lowest BCUT2D eigenvalue weighted by Crippen LogP contribution is -2.12. The molecule has 2 aromatic heterocycles. The predicted octanol–water partition coefficient (Wildman–Crippen LogP) is 4.09. The van der Waals surface area contributed by atoms with E-state index in [9.17, 15) is 5.11 Å². The second kappa shape index (κ2) is 5.11. The molecule has 0 aliphatic heterocycles. The van der Waals surface area contributed by atoms with Crippen LogP contribution in [0.15, 0.2) is 16.1 Å². The number of hydrogen-bond acceptors (Lipinski definition) is 4. The molecule has 0 saturated heterocycles. The molecule has 0 radical (unpaired) electrons. The zero-order valence-corrected chi connectivity index (χ0v) is 12.9. The van der Waals surface area contributed by atoms with Gasteiger partial charge in [-0.1, -0.05) is 20.8 Å². The molecule has 0 spiro atoms. The molecule has 98 valence electrons. The first-order valence-electron chi connectivity index (χ1n) is 6.03. The summed E-state index contributed by atoms with van der Waals surface area (Å²) in [7, 11) is 0. The second-order valence-electron chi connectivity index (χ2n) is 5.61. The summed E-state index contributed by atoms with van der Waals surface area (Å²) in [5, 5.41) is 17.4. The van der Waals surface area contributed by atoms with Gasteiger partial charge < -0.3 is 5.11 Å². The first kappa shape index (κ1) is 13.7. The number of hydrogen-bond donors (Lipinski definition) is 1. The van der Waals surface area contributed by atoms with Crippen molar-refractivity contribution < 1.29 is 5.11 Å². The highest BCUT2D eigenvalue weighted by molar-refractivity contribution is 7.09. The number of aromatic nitrogens is 1. The first-order valence-corrected chi connectivity index (χ1v) is 7.86. The number of aliphatic hydroxyl groups excluding tert-OH is 1. The lowest BCUT2D eigenvalue weighted by atomic mass is 9.93. The Morgan fingerprint density at radius 1 is 1.28 bits per heavy atom. The molecule has 0 aromatic carbocycles. The summed E-state index contributed by atoms with van der Waals surface area (Å²) in [6.07, 6.45) is 0.174. The molecule has 1 unspecified atom stereocenters. The minimum absolute atomic E-state index is 0.0813. The van der Waals surface area contributed by atoms with Crippen LogP contribution in [0, 0.1) is 6.92 Å². The van der Waals surface area contributed by atoms with Gasteiger partial charge in [-0.3, -0.25) is 0 Å². The predicted molar refractivity (Wildman–Crippen MR) is 78.5 cm³/mol. The summed E-state index contributed by atoms with van der Waals surface area (Å²) in [5.74, 6) is 0. The van der Waals surface area contributed by atoms with Crippen LogP contribution in [0.1, 0.15) is 48.7 Å². The summed E-state index contributed by atoms with van der Waals surface area (Å²) in [4.78, 5) is 4.62. The molecule has 0 aliphatic carbocycles. The first-order chi connectivity index (χ1) is 8.38. The molecule has 0 saturated carbocycles. The number of nitrogens with zero attached hydrogens (tertiary/aromatic N) is 1. The number of aliphatic hydroxyl groups is 1. The molecule has 1 N–H and O–H groups in total. The van der Waals surface area contributed by atoms with E-state index in [1.54, 1.807) is 22.7 Å². The maximum Gasteiger partial charge on any atom is 0.0957 e. The van der Waals surface area contributed by atoms with Crippen molar-refractivity contribution in [1.82, 2.24) is 4.98 Å². The molecule has 0 amide bonds. The van der Waals surface area contributed by atoms with Crippen molar-refractivity contribution in [2.24, 2.45) is 0 Å². The Morgan fingerprint density at radius 2 is 2.00 bits per heavy atom. The van der Waals surface area contributed by atoms with Crippen molar-refractivity contribution in [2.75, 3.05) is 0 Å². The number of rotatable bonds is 3. The van der Waals surface area contributed by atoms with Gasteiger partial charge in [0.05, 0.1) is 16.8 Å². The van der Waals surface area contributed by atoms with Crippen LogP contribution < -0.4 is 0 Å². The smallest absolute Gasteiger partial charge is 0.0957 e. The van der Waals surface area contributed by atoms with Crippen LogP contribution in [0.2, 0.25) is 0 Å². The standard InChI is InChI=1S/C14H19NOS2/c1-9-6-17-7-10(9)11(16)5-13-15-12(8-18-13)14(2,3)4/h6-8,11,16H,5H2,1-4H3. The maximum absolute atomic E-state index is 10.2. The molecule has 4 heteroatoms. The van der Waals surface area contributed by atoms with Gasteiger partial charge in [-0.15, -0.1) is 11.3 Å². The van der Waals surface area contributed by atoms with Crippen LogP contribution >= 0.6 is 22.7 Å². The maximum atomic E-state index is 10.2. The zero-order chi connectivity index (χ0) is 13.3. The lowest BCUT2D eigenvalue weighted by Gasteiger charge is -2.14. The van der Waals surface area contributed by atoms with Crippen molar-refractivity contribution in [3.63, 3.8) is 0 Å². The van der Waals surface area contributed by atoms with E-state index in [1.165, 1.54) is 5.56 Å². The second-order valence-corrected chi connectivity index (χ2v) is 7.29. The summed E-state index contributed by atoms with van der Waals surface area (Å²) in [6.45, 7) is 8.51. The van der Waals surface area contributed by atoms with E-state index in [0.29, 0.717) is 6.42 Å². The highest BCUT2D eigenvalue weighted by Gasteiger charge is 2.19. The van der Waals surface area contributed by atoms with Crippen LogP contribution in [0.4, 0.5) is 0 Å². The van der Waals surface area contributed by atoms with Crippen LogP contribution in [0.5, 0.6) is 0 Å². The summed E-state index contributed by atoms with van der Waals surface area (Å²) >= 11 is 3.28. The van der Waals surface area contributed by atoms with Gasteiger partial charge in [-0.25, -0.2) is 4.98 Å². The fourth-order valence-electron chi connectivity index (χ4n) is 1.74. The Kier molecular flexibility index (Phi) is 3.90. The van der Waals surface area contributed by atoms with Gasteiger partial charge in [-0.2, -0.15) is 11.3 Å². The Bertz CT molecular complexity index is 522. The molecule has 0 fully saturated rings. The Labute approximate surface area is 116 Å². The largest absolute Gasteiger partial charge is 0.388 e. The Balaban J connectivity index is 2.11. The van der Waals surface area contributed by atoms with Gasteiger partial charge in [0, 0.05) is 17.2 Å². The van der Waals surface area contributed by atoms with Gasteiger partial charge in [0.2, 0.25) is 0 Å². The van der Waals surface area contributed by atoms with E-state index in [-0.39, 0.29) is 5.41 Å². The fraction of sp³-hybridized carbons (Fsp3) is 0.500. The topological polar surface area (TPSA) is 33.1 Å². The summed E-state index contributed by atoms with van der Waals surface area (Å²) in [5.41, 5.74) is 3.39. The summed E-state index contributed by atoms with van der Waals surface area (Å²) in [6, 6.07) is 0. The molecule has 2 rings (SSSR count). The van der Waals surface area contributed by atoms with Gasteiger partial charge in [-0.05, 0) is 28.8 Å². The third-order valence-electron chi connectivity index (χ3n) is 2.94. The van der Waals surface area contributed by atoms with E-state index < -0.39 is 6.10 Å². The van der Waals surface area contributed by atoms with Gasteiger partial charge in [0.15, 0.2) is 0 Å². The van der Waals surface area contributed by atoms with E-state index in [2.05, 4.69) is 36.5 Å². The number of thiophene rings is 1. The van der Waals surface area contributed by atoms with Crippen molar-refractivity contribution in [1.29, 1.82) is 0 Å². The molecule has 2 nitrogen and oxygen atoms in total. The van der Waals surface area contributed by atoms with Crippen molar-refractivity contribution in [3.05, 3.63) is 38.0 Å². The Hall–Kier alpha value is -0.710. The molecule has 18 heavy (non-hydrogen) atoms. The molecule has 1 atom stereocenters. The minimum Gasteiger partial charge on any atom is -0.388 e. The molecule has 2 heterocycles. The van der Waals surface area contributed by atoms with Gasteiger partial charge in [0.1, 0.15) is 0 Å². The number of thiazole rings is 1. The zero-order valence-electron chi connectivity index (χ0n) is 11.2. The lowest BCUT2D eigenvalue weighted by molar-refractivity contribution is 0.178. The van der Waals surface area contributed by atoms with E-state index in [0.717, 1.165) is 16.3 Å². The molecule has 0 bridgehead atoms. The third kappa shape index (κ3) is 2.99. The van der Waals surface area contributed by atoms with Gasteiger partial charge >= 0.3 is 0 Å². The summed E-state index contributed by atoms with van der Waals surface area (Å²) < 4.78 is 0. The monoisotopic (exact) mass is 281 g/mol. The quantitative estimate of drug-likeness (QED) is 0.919. The SMILES string of the molecule is Cc1cscc1C(O)Cc1nc(C(C)(C)C)cs1. The minimum atomic E-state index is -0.435. The third-order valence-corrected chi connectivity index (χ3v) is 4.69. The highest BCUT2D eigenvalue weighted by atomic mass is 32.1. The molecule has 2 aromatic rings. The Morgan fingerprint density at radius 3 is 2.50 bits per heavy atom. The molecular formula is C14H19NOS2. The highest BCUT2D eigenvalue weighted by Crippen LogP contribution is 2.28. The van der Waals surface area contributed by atoms with Crippen LogP contribution in [-0.2, 0) is 11.8 Å². The van der Waals surface area contributed by atoms with E-state index in [4.69, 9.17) is 0 Å². The van der Waals surface area contributed by atoms with Crippen molar-refractivity contribution in [3.8, 4) is 0 Å². The average Bonchev–Trinajstić information content (AvgIpc) is 2.85. The van der Waals surface area contributed by atoms with Gasteiger partial charge in [0.25, 0.3) is 0 Å². The fourth-order valence-corrected chi connectivity index (χ4v) is 3.69. The van der Waals surface area contributed by atoms with E-state index >= 15 is 0 Å². The molecule has 0 aliphatic rings. The average molecular weight is 281 g/mol. The number of aryl methyl sites for hydroxylation is 1. The van der Waals surface area contributed by atoms with Crippen LogP contribution in [-0.4, -0.2) is 10.1 Å². The molecular weight excluding hydrogens is 262 g/mol. The van der Waals surface area contributed by atoms with Crippen LogP contribution in [0.3, 0.4) is 0 Å².